The fraction of sp³-hybridized carbons (Fsp3) is 0.125. The summed E-state index contributed by atoms with van der Waals surface area (Å²) in [6.45, 7) is 2.71. The molecular weight excluding hydrogens is 208 g/mol. The number of hydrogen-bond acceptors (Lipinski definition) is 1. The van der Waals surface area contributed by atoms with Gasteiger partial charge in [-0.05, 0) is 29.1 Å². The van der Waals surface area contributed by atoms with Crippen LogP contribution in [0.3, 0.4) is 0 Å². The summed E-state index contributed by atoms with van der Waals surface area (Å²) in [4.78, 5) is 0. The van der Waals surface area contributed by atoms with Crippen molar-refractivity contribution in [3.05, 3.63) is 54.6 Å². The Morgan fingerprint density at radius 3 is 2.24 bits per heavy atom. The van der Waals surface area contributed by atoms with Gasteiger partial charge in [-0.25, -0.2) is 0 Å². The van der Waals surface area contributed by atoms with Crippen LogP contribution in [0.25, 0.3) is 21.5 Å². The second-order valence-electron chi connectivity index (χ2n) is 4.07. The molecule has 0 heterocycles. The van der Waals surface area contributed by atoms with E-state index in [0.29, 0.717) is 6.61 Å². The minimum atomic E-state index is 0.697. The van der Waals surface area contributed by atoms with E-state index in [9.17, 15) is 0 Å². The molecule has 0 saturated carbocycles. The Bertz CT molecular complexity index is 670. The second kappa shape index (κ2) is 4.10. The molecule has 0 saturated heterocycles. The van der Waals surface area contributed by atoms with Crippen molar-refractivity contribution in [2.75, 3.05) is 6.61 Å². The van der Waals surface area contributed by atoms with Crippen molar-refractivity contribution in [3.63, 3.8) is 0 Å². The molecule has 0 radical (unpaired) electrons. The van der Waals surface area contributed by atoms with Crippen LogP contribution >= 0.6 is 0 Å². The summed E-state index contributed by atoms with van der Waals surface area (Å²) in [5.74, 6) is 0.974. The molecule has 0 aliphatic carbocycles. The molecule has 1 nitrogen and oxygen atoms in total. The molecule has 0 amide bonds. The van der Waals surface area contributed by atoms with E-state index >= 15 is 0 Å². The summed E-state index contributed by atoms with van der Waals surface area (Å²) in [5.41, 5.74) is 0. The van der Waals surface area contributed by atoms with Crippen LogP contribution in [0.1, 0.15) is 6.92 Å². The van der Waals surface area contributed by atoms with E-state index in [1.807, 2.05) is 6.92 Å². The summed E-state index contributed by atoms with van der Waals surface area (Å²) >= 11 is 0. The van der Waals surface area contributed by atoms with Crippen LogP contribution in [0.4, 0.5) is 0 Å². The first-order valence-corrected chi connectivity index (χ1v) is 5.93. The molecule has 0 fully saturated rings. The Morgan fingerprint density at radius 1 is 0.824 bits per heavy atom. The SMILES string of the molecule is CCOc1cc2ccccc2c2ccccc12. The first-order valence-electron chi connectivity index (χ1n) is 5.93. The lowest BCUT2D eigenvalue weighted by Gasteiger charge is -2.10. The summed E-state index contributed by atoms with van der Waals surface area (Å²) in [5, 5.41) is 4.96. The topological polar surface area (TPSA) is 9.23 Å². The number of ether oxygens (including phenoxy) is 1. The molecule has 3 aromatic carbocycles. The highest BCUT2D eigenvalue weighted by molar-refractivity contribution is 6.10. The zero-order valence-corrected chi connectivity index (χ0v) is 9.81. The Labute approximate surface area is 101 Å². The van der Waals surface area contributed by atoms with Gasteiger partial charge >= 0.3 is 0 Å². The van der Waals surface area contributed by atoms with Gasteiger partial charge in [-0.3, -0.25) is 0 Å². The summed E-state index contributed by atoms with van der Waals surface area (Å²) in [6, 6.07) is 19.0. The maximum atomic E-state index is 5.73. The third kappa shape index (κ3) is 1.64. The Morgan fingerprint density at radius 2 is 1.47 bits per heavy atom. The molecule has 84 valence electrons. The quantitative estimate of drug-likeness (QED) is 0.584. The Hall–Kier alpha value is -2.02. The lowest BCUT2D eigenvalue weighted by Crippen LogP contribution is -1.92. The van der Waals surface area contributed by atoms with Crippen molar-refractivity contribution in [3.8, 4) is 5.75 Å². The van der Waals surface area contributed by atoms with Crippen molar-refractivity contribution in [1.29, 1.82) is 0 Å². The van der Waals surface area contributed by atoms with Gasteiger partial charge in [-0.2, -0.15) is 0 Å². The first kappa shape index (κ1) is 10.2. The van der Waals surface area contributed by atoms with Crippen LogP contribution in [0.15, 0.2) is 54.6 Å². The van der Waals surface area contributed by atoms with E-state index in [2.05, 4.69) is 54.6 Å². The average Bonchev–Trinajstić information content (AvgIpc) is 2.39. The molecule has 0 aliphatic heterocycles. The highest BCUT2D eigenvalue weighted by Crippen LogP contribution is 2.33. The number of rotatable bonds is 2. The van der Waals surface area contributed by atoms with Crippen LogP contribution in [0, 0.1) is 0 Å². The van der Waals surface area contributed by atoms with Crippen molar-refractivity contribution < 1.29 is 4.74 Å². The van der Waals surface area contributed by atoms with E-state index in [1.165, 1.54) is 21.5 Å². The summed E-state index contributed by atoms with van der Waals surface area (Å²) in [6.07, 6.45) is 0. The third-order valence-corrected chi connectivity index (χ3v) is 3.03. The van der Waals surface area contributed by atoms with E-state index in [1.54, 1.807) is 0 Å². The van der Waals surface area contributed by atoms with Crippen LogP contribution in [-0.2, 0) is 0 Å². The molecule has 3 rings (SSSR count). The lowest BCUT2D eigenvalue weighted by atomic mass is 10.0. The molecular formula is C16H14O. The highest BCUT2D eigenvalue weighted by atomic mass is 16.5. The van der Waals surface area contributed by atoms with Gasteiger partial charge in [0.05, 0.1) is 6.61 Å². The zero-order valence-electron chi connectivity index (χ0n) is 9.81. The van der Waals surface area contributed by atoms with Crippen LogP contribution in [0.2, 0.25) is 0 Å². The number of fused-ring (bicyclic) bond motifs is 3. The highest BCUT2D eigenvalue weighted by Gasteiger charge is 2.05. The minimum absolute atomic E-state index is 0.697. The monoisotopic (exact) mass is 222 g/mol. The lowest BCUT2D eigenvalue weighted by molar-refractivity contribution is 0.345. The van der Waals surface area contributed by atoms with Gasteiger partial charge in [-0.1, -0.05) is 48.5 Å². The van der Waals surface area contributed by atoms with Crippen molar-refractivity contribution in [1.82, 2.24) is 0 Å². The number of benzene rings is 3. The molecule has 0 bridgehead atoms. The van der Waals surface area contributed by atoms with Gasteiger partial charge in [0.2, 0.25) is 0 Å². The van der Waals surface area contributed by atoms with Gasteiger partial charge in [0, 0.05) is 5.39 Å². The smallest absolute Gasteiger partial charge is 0.127 e. The molecule has 0 aliphatic rings. The molecule has 17 heavy (non-hydrogen) atoms. The van der Waals surface area contributed by atoms with E-state index in [-0.39, 0.29) is 0 Å². The minimum Gasteiger partial charge on any atom is -0.493 e. The van der Waals surface area contributed by atoms with Gasteiger partial charge in [-0.15, -0.1) is 0 Å². The Balaban J connectivity index is 2.45. The molecule has 0 aromatic heterocycles. The molecule has 0 atom stereocenters. The van der Waals surface area contributed by atoms with Crippen molar-refractivity contribution in [2.45, 2.75) is 6.92 Å². The van der Waals surface area contributed by atoms with Gasteiger partial charge in [0.1, 0.15) is 5.75 Å². The normalized spacial score (nSPS) is 10.9. The van der Waals surface area contributed by atoms with Crippen molar-refractivity contribution >= 4 is 21.5 Å². The molecule has 0 spiro atoms. The summed E-state index contributed by atoms with van der Waals surface area (Å²) < 4.78 is 5.73. The molecule has 0 unspecified atom stereocenters. The first-order chi connectivity index (χ1) is 8.40. The molecule has 3 aromatic rings. The maximum Gasteiger partial charge on any atom is 0.127 e. The van der Waals surface area contributed by atoms with Gasteiger partial charge in [0.25, 0.3) is 0 Å². The fourth-order valence-electron chi connectivity index (χ4n) is 2.29. The molecule has 0 N–H and O–H groups in total. The van der Waals surface area contributed by atoms with Crippen molar-refractivity contribution in [2.24, 2.45) is 0 Å². The third-order valence-electron chi connectivity index (χ3n) is 3.03. The predicted molar refractivity (Wildman–Crippen MR) is 72.6 cm³/mol. The van der Waals surface area contributed by atoms with E-state index in [0.717, 1.165) is 5.75 Å². The zero-order chi connectivity index (χ0) is 11.7. The molecule has 1 heteroatoms. The fourth-order valence-corrected chi connectivity index (χ4v) is 2.29. The Kier molecular flexibility index (Phi) is 2.45. The van der Waals surface area contributed by atoms with Crippen LogP contribution in [-0.4, -0.2) is 6.61 Å². The van der Waals surface area contributed by atoms with E-state index in [4.69, 9.17) is 4.74 Å². The average molecular weight is 222 g/mol. The summed E-state index contributed by atoms with van der Waals surface area (Å²) in [7, 11) is 0. The standard InChI is InChI=1S/C16H14O/c1-2-17-16-11-12-7-3-4-8-13(12)14-9-5-6-10-15(14)16/h3-11H,2H2,1H3. The van der Waals surface area contributed by atoms with E-state index < -0.39 is 0 Å². The predicted octanol–water partition coefficient (Wildman–Crippen LogP) is 4.39. The van der Waals surface area contributed by atoms with Crippen LogP contribution < -0.4 is 4.74 Å². The second-order valence-corrected chi connectivity index (χ2v) is 4.07. The van der Waals surface area contributed by atoms with Crippen LogP contribution in [0.5, 0.6) is 5.75 Å². The number of hydrogen-bond donors (Lipinski definition) is 0. The largest absolute Gasteiger partial charge is 0.493 e. The maximum absolute atomic E-state index is 5.73. The van der Waals surface area contributed by atoms with Gasteiger partial charge in [0.15, 0.2) is 0 Å². The van der Waals surface area contributed by atoms with Gasteiger partial charge < -0.3 is 4.74 Å².